The summed E-state index contributed by atoms with van der Waals surface area (Å²) in [7, 11) is 0. The molecule has 1 amide bonds. The third-order valence-electron chi connectivity index (χ3n) is 4.21. The van der Waals surface area contributed by atoms with Crippen molar-refractivity contribution in [1.82, 2.24) is 0 Å². The van der Waals surface area contributed by atoms with Gasteiger partial charge in [-0.15, -0.1) is 0 Å². The summed E-state index contributed by atoms with van der Waals surface area (Å²) in [5.41, 5.74) is 2.83. The minimum absolute atomic E-state index is 0.00411. The molecule has 3 rings (SSSR count). The van der Waals surface area contributed by atoms with Crippen molar-refractivity contribution in [3.63, 3.8) is 0 Å². The topological polar surface area (TPSA) is 58.6 Å². The van der Waals surface area contributed by atoms with E-state index >= 15 is 0 Å². The molecule has 2 aliphatic heterocycles. The largest absolute Gasteiger partial charge is 0.462 e. The highest BCUT2D eigenvalue weighted by Gasteiger charge is 2.25. The molecule has 0 unspecified atom stereocenters. The monoisotopic (exact) mass is 322 g/mol. The molecule has 0 bridgehead atoms. The second-order valence-corrected chi connectivity index (χ2v) is 6.15. The fourth-order valence-corrected chi connectivity index (χ4v) is 3.49. The van der Waals surface area contributed by atoms with Crippen LogP contribution in [0.1, 0.15) is 31.7 Å². The van der Waals surface area contributed by atoms with Gasteiger partial charge in [-0.3, -0.25) is 9.59 Å². The van der Waals surface area contributed by atoms with Crippen molar-refractivity contribution in [3.8, 4) is 0 Å². The molecule has 2 heterocycles. The van der Waals surface area contributed by atoms with E-state index in [-0.39, 0.29) is 18.0 Å². The number of nitrogens with one attached hydrogen (secondary N) is 1. The van der Waals surface area contributed by atoms with E-state index in [2.05, 4.69) is 10.2 Å². The Kier molecular flexibility index (Phi) is 4.25. The second kappa shape index (κ2) is 6.16. The lowest BCUT2D eigenvalue weighted by Gasteiger charge is -2.34. The predicted molar refractivity (Wildman–Crippen MR) is 85.4 cm³/mol. The van der Waals surface area contributed by atoms with Crippen LogP contribution < -0.4 is 10.2 Å². The maximum Gasteiger partial charge on any atom is 0.302 e. The number of carbonyl (C=O) groups excluding carboxylic acids is 2. The van der Waals surface area contributed by atoms with Gasteiger partial charge in [0.1, 0.15) is 6.10 Å². The normalized spacial score (nSPS) is 18.6. The Morgan fingerprint density at radius 1 is 1.32 bits per heavy atom. The average Bonchev–Trinajstić information content (AvgIpc) is 2.48. The molecule has 1 fully saturated rings. The molecule has 0 radical (unpaired) electrons. The zero-order valence-electron chi connectivity index (χ0n) is 12.5. The molecule has 0 aliphatic carbocycles. The van der Waals surface area contributed by atoms with Crippen molar-refractivity contribution in [2.75, 3.05) is 23.3 Å². The van der Waals surface area contributed by atoms with Crippen LogP contribution in [0.25, 0.3) is 0 Å². The lowest BCUT2D eigenvalue weighted by atomic mass is 10.0. The Balaban J connectivity index is 1.74. The van der Waals surface area contributed by atoms with Gasteiger partial charge in [-0.25, -0.2) is 0 Å². The summed E-state index contributed by atoms with van der Waals surface area (Å²) in [6, 6.07) is 3.88. The zero-order valence-corrected chi connectivity index (χ0v) is 13.3. The molecule has 1 N–H and O–H groups in total. The summed E-state index contributed by atoms with van der Waals surface area (Å²) in [6.07, 6.45) is 2.78. The minimum atomic E-state index is -0.221. The number of nitrogens with zero attached hydrogens (tertiary/aromatic N) is 1. The van der Waals surface area contributed by atoms with Crippen LogP contribution in [0, 0.1) is 0 Å². The van der Waals surface area contributed by atoms with E-state index in [1.807, 2.05) is 12.1 Å². The van der Waals surface area contributed by atoms with E-state index in [1.165, 1.54) is 6.92 Å². The van der Waals surface area contributed by atoms with Crippen molar-refractivity contribution in [2.24, 2.45) is 0 Å². The van der Waals surface area contributed by atoms with Crippen LogP contribution in [-0.4, -0.2) is 31.1 Å². The number of hydrogen-bond donors (Lipinski definition) is 1. The maximum atomic E-state index is 11.4. The molecular formula is C16H19ClN2O3. The molecule has 22 heavy (non-hydrogen) atoms. The first kappa shape index (κ1) is 15.2. The number of halogens is 1. The maximum absolute atomic E-state index is 11.4. The Morgan fingerprint density at radius 3 is 2.73 bits per heavy atom. The standard InChI is InChI=1S/C16H19ClN2O3/c1-10(20)22-11-6-8-19(9-7-11)14-4-3-13-12(16(14)17)2-5-15(21)18-13/h3-4,11H,2,5-9H2,1H3,(H,18,21). The molecule has 0 atom stereocenters. The average molecular weight is 323 g/mol. The van der Waals surface area contributed by atoms with Gasteiger partial charge in [0.2, 0.25) is 5.91 Å². The lowest BCUT2D eigenvalue weighted by Crippen LogP contribution is -2.38. The van der Waals surface area contributed by atoms with Crippen molar-refractivity contribution in [3.05, 3.63) is 22.7 Å². The van der Waals surface area contributed by atoms with Gasteiger partial charge in [0.05, 0.1) is 10.7 Å². The fraction of sp³-hybridized carbons (Fsp3) is 0.500. The van der Waals surface area contributed by atoms with E-state index in [0.29, 0.717) is 12.8 Å². The van der Waals surface area contributed by atoms with Crippen LogP contribution >= 0.6 is 11.6 Å². The minimum Gasteiger partial charge on any atom is -0.462 e. The van der Waals surface area contributed by atoms with Gasteiger partial charge >= 0.3 is 5.97 Å². The third kappa shape index (κ3) is 3.04. The Hall–Kier alpha value is -1.75. The van der Waals surface area contributed by atoms with Crippen LogP contribution in [0.15, 0.2) is 12.1 Å². The first-order valence-electron chi connectivity index (χ1n) is 7.58. The number of hydrogen-bond acceptors (Lipinski definition) is 4. The molecule has 5 nitrogen and oxygen atoms in total. The first-order chi connectivity index (χ1) is 10.5. The van der Waals surface area contributed by atoms with Crippen LogP contribution in [0.2, 0.25) is 5.02 Å². The number of benzene rings is 1. The van der Waals surface area contributed by atoms with Crippen LogP contribution in [-0.2, 0) is 20.7 Å². The SMILES string of the molecule is CC(=O)OC1CCN(c2ccc3c(c2Cl)CCC(=O)N3)CC1. The zero-order chi connectivity index (χ0) is 15.7. The molecule has 118 valence electrons. The molecule has 1 aromatic carbocycles. The number of anilines is 2. The predicted octanol–water partition coefficient (Wildman–Crippen LogP) is 2.76. The fourth-order valence-electron chi connectivity index (χ4n) is 3.12. The number of carbonyl (C=O) groups is 2. The van der Waals surface area contributed by atoms with Crippen molar-refractivity contribution in [2.45, 2.75) is 38.7 Å². The van der Waals surface area contributed by atoms with Gasteiger partial charge in [-0.2, -0.15) is 0 Å². The van der Waals surface area contributed by atoms with Crippen LogP contribution in [0.5, 0.6) is 0 Å². The van der Waals surface area contributed by atoms with Gasteiger partial charge < -0.3 is 15.0 Å². The van der Waals surface area contributed by atoms with Crippen molar-refractivity contribution in [1.29, 1.82) is 0 Å². The summed E-state index contributed by atoms with van der Waals surface area (Å²) >= 11 is 6.55. The third-order valence-corrected chi connectivity index (χ3v) is 4.64. The molecule has 0 aromatic heterocycles. The Labute approximate surface area is 134 Å². The number of esters is 1. The molecule has 0 spiro atoms. The van der Waals surface area contributed by atoms with E-state index in [1.54, 1.807) is 0 Å². The van der Waals surface area contributed by atoms with E-state index < -0.39 is 0 Å². The highest BCUT2D eigenvalue weighted by molar-refractivity contribution is 6.34. The molecule has 6 heteroatoms. The highest BCUT2D eigenvalue weighted by Crippen LogP contribution is 2.38. The van der Waals surface area contributed by atoms with Crippen LogP contribution in [0.3, 0.4) is 0 Å². The van der Waals surface area contributed by atoms with Gasteiger partial charge in [-0.1, -0.05) is 11.6 Å². The Morgan fingerprint density at radius 2 is 2.05 bits per heavy atom. The summed E-state index contributed by atoms with van der Waals surface area (Å²) < 4.78 is 5.26. The number of fused-ring (bicyclic) bond motifs is 1. The van der Waals surface area contributed by atoms with E-state index in [0.717, 1.165) is 47.9 Å². The summed E-state index contributed by atoms with van der Waals surface area (Å²) in [6.45, 7) is 3.06. The van der Waals surface area contributed by atoms with Crippen molar-refractivity contribution >= 4 is 34.9 Å². The number of ether oxygens (including phenoxy) is 1. The molecule has 1 saturated heterocycles. The lowest BCUT2D eigenvalue weighted by molar-refractivity contribution is -0.147. The quantitative estimate of drug-likeness (QED) is 0.851. The number of rotatable bonds is 2. The van der Waals surface area contributed by atoms with Gasteiger partial charge in [0.25, 0.3) is 0 Å². The molecule has 0 saturated carbocycles. The van der Waals surface area contributed by atoms with Crippen molar-refractivity contribution < 1.29 is 14.3 Å². The summed E-state index contributed by atoms with van der Waals surface area (Å²) in [4.78, 5) is 24.7. The van der Waals surface area contributed by atoms with Gasteiger partial charge in [0, 0.05) is 45.0 Å². The van der Waals surface area contributed by atoms with E-state index in [4.69, 9.17) is 16.3 Å². The summed E-state index contributed by atoms with van der Waals surface area (Å²) in [5.74, 6) is -0.181. The van der Waals surface area contributed by atoms with E-state index in [9.17, 15) is 9.59 Å². The second-order valence-electron chi connectivity index (χ2n) is 5.77. The molecule has 2 aliphatic rings. The molecular weight excluding hydrogens is 304 g/mol. The number of amides is 1. The Bertz CT molecular complexity index is 610. The highest BCUT2D eigenvalue weighted by atomic mass is 35.5. The summed E-state index contributed by atoms with van der Waals surface area (Å²) in [5, 5.41) is 3.59. The van der Waals surface area contributed by atoms with Crippen LogP contribution in [0.4, 0.5) is 11.4 Å². The smallest absolute Gasteiger partial charge is 0.302 e. The number of piperidine rings is 1. The first-order valence-corrected chi connectivity index (χ1v) is 7.96. The van der Waals surface area contributed by atoms with Gasteiger partial charge in [0.15, 0.2) is 0 Å². The molecule has 1 aromatic rings. The van der Waals surface area contributed by atoms with Gasteiger partial charge in [-0.05, 0) is 24.1 Å².